The van der Waals surface area contributed by atoms with Crippen LogP contribution in [0.25, 0.3) is 10.8 Å². The molecule has 0 radical (unpaired) electrons. The van der Waals surface area contributed by atoms with Gasteiger partial charge in [0.2, 0.25) is 0 Å². The van der Waals surface area contributed by atoms with Gasteiger partial charge in [-0.2, -0.15) is 10.4 Å². The van der Waals surface area contributed by atoms with Crippen LogP contribution in [0.3, 0.4) is 0 Å². The number of rotatable bonds is 3. The number of anilines is 1. The third kappa shape index (κ3) is 1.94. The number of aromatic nitrogens is 2. The van der Waals surface area contributed by atoms with Crippen LogP contribution in [0.1, 0.15) is 6.42 Å². The van der Waals surface area contributed by atoms with E-state index in [2.05, 4.69) is 16.3 Å². The van der Waals surface area contributed by atoms with Crippen LogP contribution in [-0.2, 0) is 0 Å². The Morgan fingerprint density at radius 1 is 1.38 bits per heavy atom. The second-order valence-electron chi connectivity index (χ2n) is 3.59. The van der Waals surface area contributed by atoms with E-state index in [-0.39, 0.29) is 0 Å². The molecule has 0 atom stereocenters. The van der Waals surface area contributed by atoms with E-state index in [1.807, 2.05) is 36.2 Å². The molecule has 4 heteroatoms. The molecule has 80 valence electrons. The predicted molar refractivity (Wildman–Crippen MR) is 63.0 cm³/mol. The summed E-state index contributed by atoms with van der Waals surface area (Å²) in [4.78, 5) is 1.96. The molecule has 4 nitrogen and oxygen atoms in total. The monoisotopic (exact) mass is 212 g/mol. The summed E-state index contributed by atoms with van der Waals surface area (Å²) in [6, 6.07) is 10.1. The summed E-state index contributed by atoms with van der Waals surface area (Å²) in [6.07, 6.45) is 2.23. The number of hydrogen-bond acceptors (Lipinski definition) is 4. The first kappa shape index (κ1) is 10.4. The van der Waals surface area contributed by atoms with Gasteiger partial charge in [-0.1, -0.05) is 24.3 Å². The molecule has 0 amide bonds. The summed E-state index contributed by atoms with van der Waals surface area (Å²) in [5.41, 5.74) is 0. The lowest BCUT2D eigenvalue weighted by Crippen LogP contribution is -2.20. The van der Waals surface area contributed by atoms with Gasteiger partial charge < -0.3 is 4.90 Å². The molecule has 0 aliphatic rings. The van der Waals surface area contributed by atoms with E-state index in [4.69, 9.17) is 5.26 Å². The summed E-state index contributed by atoms with van der Waals surface area (Å²) in [6.45, 7) is 0.666. The molecule has 2 aromatic rings. The molecule has 16 heavy (non-hydrogen) atoms. The Morgan fingerprint density at radius 2 is 2.19 bits per heavy atom. The molecule has 1 aromatic heterocycles. The predicted octanol–water partition coefficient (Wildman–Crippen LogP) is 1.98. The number of fused-ring (bicyclic) bond motifs is 1. The first-order valence-corrected chi connectivity index (χ1v) is 5.11. The molecule has 0 N–H and O–H groups in total. The Kier molecular flexibility index (Phi) is 2.97. The Morgan fingerprint density at radius 3 is 3.00 bits per heavy atom. The normalized spacial score (nSPS) is 10.0. The molecule has 0 unspecified atom stereocenters. The van der Waals surface area contributed by atoms with Gasteiger partial charge in [-0.3, -0.25) is 0 Å². The second kappa shape index (κ2) is 4.58. The summed E-state index contributed by atoms with van der Waals surface area (Å²) in [7, 11) is 1.92. The van der Waals surface area contributed by atoms with Gasteiger partial charge in [-0.25, -0.2) is 0 Å². The van der Waals surface area contributed by atoms with Crippen molar-refractivity contribution in [1.29, 1.82) is 5.26 Å². The largest absolute Gasteiger partial charge is 0.357 e. The molecule has 0 saturated heterocycles. The van der Waals surface area contributed by atoms with Crippen molar-refractivity contribution < 1.29 is 0 Å². The highest BCUT2D eigenvalue weighted by atomic mass is 15.2. The summed E-state index contributed by atoms with van der Waals surface area (Å²) >= 11 is 0. The van der Waals surface area contributed by atoms with Crippen molar-refractivity contribution in [2.75, 3.05) is 18.5 Å². The molecule has 0 fully saturated rings. The van der Waals surface area contributed by atoms with Crippen molar-refractivity contribution in [3.05, 3.63) is 30.5 Å². The minimum Gasteiger partial charge on any atom is -0.357 e. The lowest BCUT2D eigenvalue weighted by Gasteiger charge is -2.17. The first-order valence-electron chi connectivity index (χ1n) is 5.11. The molecule has 0 aliphatic carbocycles. The maximum atomic E-state index is 8.56. The van der Waals surface area contributed by atoms with Crippen LogP contribution in [0.15, 0.2) is 30.5 Å². The van der Waals surface area contributed by atoms with E-state index in [1.54, 1.807) is 6.20 Å². The minimum absolute atomic E-state index is 0.488. The van der Waals surface area contributed by atoms with Crippen LogP contribution < -0.4 is 4.90 Å². The zero-order chi connectivity index (χ0) is 11.4. The van der Waals surface area contributed by atoms with Crippen molar-refractivity contribution in [3.63, 3.8) is 0 Å². The van der Waals surface area contributed by atoms with Crippen LogP contribution >= 0.6 is 0 Å². The average Bonchev–Trinajstić information content (AvgIpc) is 2.35. The number of benzene rings is 1. The van der Waals surface area contributed by atoms with E-state index in [9.17, 15) is 0 Å². The Labute approximate surface area is 94.1 Å². The van der Waals surface area contributed by atoms with Gasteiger partial charge in [0.25, 0.3) is 0 Å². The van der Waals surface area contributed by atoms with Crippen LogP contribution in [-0.4, -0.2) is 23.8 Å². The van der Waals surface area contributed by atoms with Gasteiger partial charge in [0.15, 0.2) is 5.82 Å². The smallest absolute Gasteiger partial charge is 0.158 e. The number of nitriles is 1. The Hall–Kier alpha value is -2.15. The third-order valence-electron chi connectivity index (χ3n) is 2.47. The summed E-state index contributed by atoms with van der Waals surface area (Å²) in [5, 5.41) is 18.8. The van der Waals surface area contributed by atoms with Gasteiger partial charge in [-0.15, -0.1) is 5.10 Å². The van der Waals surface area contributed by atoms with E-state index >= 15 is 0 Å². The van der Waals surface area contributed by atoms with Crippen molar-refractivity contribution >= 4 is 16.6 Å². The summed E-state index contributed by atoms with van der Waals surface area (Å²) in [5.74, 6) is 0.827. The molecule has 1 heterocycles. The van der Waals surface area contributed by atoms with Crippen molar-refractivity contribution in [2.24, 2.45) is 0 Å². The molecule has 0 saturated carbocycles. The van der Waals surface area contributed by atoms with Crippen LogP contribution in [0, 0.1) is 11.3 Å². The molecular formula is C12H12N4. The lowest BCUT2D eigenvalue weighted by atomic mass is 10.2. The molecule has 1 aromatic carbocycles. The second-order valence-corrected chi connectivity index (χ2v) is 3.59. The zero-order valence-electron chi connectivity index (χ0n) is 9.09. The Bertz CT molecular complexity index is 525. The van der Waals surface area contributed by atoms with Crippen LogP contribution in [0.4, 0.5) is 5.82 Å². The highest BCUT2D eigenvalue weighted by Crippen LogP contribution is 2.21. The quantitative estimate of drug-likeness (QED) is 0.780. The van der Waals surface area contributed by atoms with E-state index in [0.29, 0.717) is 13.0 Å². The van der Waals surface area contributed by atoms with Gasteiger partial charge >= 0.3 is 0 Å². The zero-order valence-corrected chi connectivity index (χ0v) is 9.09. The maximum Gasteiger partial charge on any atom is 0.158 e. The van der Waals surface area contributed by atoms with Crippen LogP contribution in [0.2, 0.25) is 0 Å². The van der Waals surface area contributed by atoms with E-state index in [0.717, 1.165) is 16.6 Å². The first-order chi connectivity index (χ1) is 7.83. The van der Waals surface area contributed by atoms with Gasteiger partial charge in [0, 0.05) is 24.4 Å². The van der Waals surface area contributed by atoms with Gasteiger partial charge in [0.05, 0.1) is 18.7 Å². The van der Waals surface area contributed by atoms with Crippen molar-refractivity contribution in [3.8, 4) is 6.07 Å². The SMILES string of the molecule is CN(CCC#N)c1nncc2ccccc12. The van der Waals surface area contributed by atoms with E-state index < -0.39 is 0 Å². The minimum atomic E-state index is 0.488. The van der Waals surface area contributed by atoms with Gasteiger partial charge in [-0.05, 0) is 0 Å². The summed E-state index contributed by atoms with van der Waals surface area (Å²) < 4.78 is 0. The van der Waals surface area contributed by atoms with Crippen molar-refractivity contribution in [1.82, 2.24) is 10.2 Å². The lowest BCUT2D eigenvalue weighted by molar-refractivity contribution is 0.867. The molecular weight excluding hydrogens is 200 g/mol. The fourth-order valence-corrected chi connectivity index (χ4v) is 1.62. The molecule has 0 spiro atoms. The standard InChI is InChI=1S/C12H12N4/c1-16(8-4-7-13)12-11-6-3-2-5-10(11)9-14-15-12/h2-3,5-6,9H,4,8H2,1H3. The molecule has 0 bridgehead atoms. The van der Waals surface area contributed by atoms with Crippen LogP contribution in [0.5, 0.6) is 0 Å². The topological polar surface area (TPSA) is 52.8 Å². The van der Waals surface area contributed by atoms with E-state index in [1.165, 1.54) is 0 Å². The number of nitrogens with zero attached hydrogens (tertiary/aromatic N) is 4. The fraction of sp³-hybridized carbons (Fsp3) is 0.250. The highest BCUT2D eigenvalue weighted by Gasteiger charge is 2.07. The Balaban J connectivity index is 2.40. The maximum absolute atomic E-state index is 8.56. The van der Waals surface area contributed by atoms with Crippen molar-refractivity contribution in [2.45, 2.75) is 6.42 Å². The molecule has 2 rings (SSSR count). The van der Waals surface area contributed by atoms with Gasteiger partial charge in [0.1, 0.15) is 0 Å². The number of hydrogen-bond donors (Lipinski definition) is 0. The third-order valence-corrected chi connectivity index (χ3v) is 2.47. The average molecular weight is 212 g/mol. The highest BCUT2D eigenvalue weighted by molar-refractivity contribution is 5.91. The fourth-order valence-electron chi connectivity index (χ4n) is 1.62. The molecule has 0 aliphatic heterocycles.